The predicted octanol–water partition coefficient (Wildman–Crippen LogP) is 4.38. The van der Waals surface area contributed by atoms with Gasteiger partial charge >= 0.3 is 0 Å². The highest BCUT2D eigenvalue weighted by atomic mass is 79.9. The third kappa shape index (κ3) is 3.71. The van der Waals surface area contributed by atoms with Crippen molar-refractivity contribution in [2.24, 2.45) is 0 Å². The van der Waals surface area contributed by atoms with Crippen molar-refractivity contribution < 1.29 is 9.66 Å². The molecule has 5 nitrogen and oxygen atoms in total. The van der Waals surface area contributed by atoms with Gasteiger partial charge in [0.05, 0.1) is 16.5 Å². The average Bonchev–Trinajstić information content (AvgIpc) is 2.46. The Hall–Kier alpha value is -1.66. The summed E-state index contributed by atoms with van der Waals surface area (Å²) < 4.78 is 6.10. The Bertz CT molecular complexity index is 679. The van der Waals surface area contributed by atoms with Crippen LogP contribution in [0.1, 0.15) is 17.0 Å². The van der Waals surface area contributed by atoms with Crippen molar-refractivity contribution in [3.8, 4) is 5.75 Å². The first-order chi connectivity index (χ1) is 10.0. The Morgan fingerprint density at radius 1 is 1.38 bits per heavy atom. The lowest BCUT2D eigenvalue weighted by atomic mass is 10.2. The lowest BCUT2D eigenvalue weighted by Gasteiger charge is -2.11. The highest BCUT2D eigenvalue weighted by Crippen LogP contribution is 2.29. The Morgan fingerprint density at radius 3 is 2.81 bits per heavy atom. The number of pyridine rings is 1. The first-order valence-electron chi connectivity index (χ1n) is 6.10. The molecule has 0 radical (unpaired) electrons. The summed E-state index contributed by atoms with van der Waals surface area (Å²) in [6.07, 6.45) is 0. The Balaban J connectivity index is 2.21. The first kappa shape index (κ1) is 15.7. The molecule has 0 unspecified atom stereocenters. The van der Waals surface area contributed by atoms with Crippen LogP contribution >= 0.6 is 27.5 Å². The van der Waals surface area contributed by atoms with E-state index in [0.717, 1.165) is 5.69 Å². The molecule has 2 aromatic rings. The molecule has 0 amide bonds. The van der Waals surface area contributed by atoms with Gasteiger partial charge in [-0.3, -0.25) is 15.1 Å². The summed E-state index contributed by atoms with van der Waals surface area (Å²) in [5.74, 6) is 0.821. The number of rotatable bonds is 5. The van der Waals surface area contributed by atoms with Crippen LogP contribution in [0.5, 0.6) is 5.75 Å². The zero-order valence-electron chi connectivity index (χ0n) is 11.2. The van der Waals surface area contributed by atoms with Crippen LogP contribution in [0.4, 0.5) is 5.69 Å². The molecule has 0 saturated carbocycles. The van der Waals surface area contributed by atoms with Crippen LogP contribution in [0.25, 0.3) is 0 Å². The van der Waals surface area contributed by atoms with Crippen molar-refractivity contribution in [1.29, 1.82) is 0 Å². The van der Waals surface area contributed by atoms with Gasteiger partial charge in [-0.2, -0.15) is 0 Å². The maximum Gasteiger partial charge on any atom is 0.283 e. The minimum atomic E-state index is -0.439. The van der Waals surface area contributed by atoms with Gasteiger partial charge < -0.3 is 4.74 Å². The molecule has 21 heavy (non-hydrogen) atoms. The van der Waals surface area contributed by atoms with E-state index in [-0.39, 0.29) is 18.2 Å². The maximum atomic E-state index is 10.9. The molecule has 0 N–H and O–H groups in total. The third-order valence-corrected chi connectivity index (χ3v) is 4.01. The number of hydrogen-bond acceptors (Lipinski definition) is 4. The van der Waals surface area contributed by atoms with Crippen molar-refractivity contribution in [2.45, 2.75) is 19.4 Å². The molecule has 0 fully saturated rings. The summed E-state index contributed by atoms with van der Waals surface area (Å²) in [7, 11) is 0. The molecule has 0 bridgehead atoms. The molecule has 0 atom stereocenters. The van der Waals surface area contributed by atoms with E-state index >= 15 is 0 Å². The van der Waals surface area contributed by atoms with Gasteiger partial charge in [0.25, 0.3) is 5.69 Å². The minimum absolute atomic E-state index is 0.00991. The number of aryl methyl sites for hydroxylation is 1. The lowest BCUT2D eigenvalue weighted by Crippen LogP contribution is -2.02. The zero-order valence-corrected chi connectivity index (χ0v) is 13.5. The second-order valence-electron chi connectivity index (χ2n) is 4.33. The second-order valence-corrected chi connectivity index (χ2v) is 5.39. The number of hydrogen-bond donors (Lipinski definition) is 0. The zero-order chi connectivity index (χ0) is 15.4. The molecule has 110 valence electrons. The Kier molecular flexibility index (Phi) is 5.14. The Labute approximate surface area is 135 Å². The van der Waals surface area contributed by atoms with E-state index in [2.05, 4.69) is 20.9 Å². The summed E-state index contributed by atoms with van der Waals surface area (Å²) in [4.78, 5) is 14.7. The highest BCUT2D eigenvalue weighted by molar-refractivity contribution is 9.10. The number of nitro groups is 1. The lowest BCUT2D eigenvalue weighted by molar-refractivity contribution is -0.385. The van der Waals surface area contributed by atoms with Gasteiger partial charge in [0, 0.05) is 17.3 Å². The summed E-state index contributed by atoms with van der Waals surface area (Å²) in [6, 6.07) is 8.45. The van der Waals surface area contributed by atoms with Gasteiger partial charge in [-0.1, -0.05) is 12.1 Å². The molecule has 0 saturated heterocycles. The number of nitro benzene ring substituents is 1. The van der Waals surface area contributed by atoms with Crippen molar-refractivity contribution in [3.63, 3.8) is 0 Å². The van der Waals surface area contributed by atoms with Crippen molar-refractivity contribution in [3.05, 3.63) is 61.9 Å². The van der Waals surface area contributed by atoms with Gasteiger partial charge in [0.1, 0.15) is 16.8 Å². The summed E-state index contributed by atoms with van der Waals surface area (Å²) in [5.41, 5.74) is 2.20. The van der Waals surface area contributed by atoms with Crippen molar-refractivity contribution in [2.75, 3.05) is 0 Å². The van der Waals surface area contributed by atoms with Crippen LogP contribution < -0.4 is 4.74 Å². The monoisotopic (exact) mass is 370 g/mol. The molecule has 0 aliphatic heterocycles. The molecule has 7 heteroatoms. The number of aromatic nitrogens is 1. The molecule has 0 spiro atoms. The number of alkyl halides is 1. The van der Waals surface area contributed by atoms with E-state index in [4.69, 9.17) is 16.3 Å². The van der Waals surface area contributed by atoms with E-state index in [9.17, 15) is 10.1 Å². The quantitative estimate of drug-likeness (QED) is 0.444. The molecule has 0 aliphatic carbocycles. The van der Waals surface area contributed by atoms with Crippen molar-refractivity contribution >= 4 is 33.2 Å². The largest absolute Gasteiger partial charge is 0.487 e. The van der Waals surface area contributed by atoms with Crippen LogP contribution in [-0.2, 0) is 12.5 Å². The van der Waals surface area contributed by atoms with E-state index < -0.39 is 4.92 Å². The molecule has 1 aromatic carbocycles. The van der Waals surface area contributed by atoms with Gasteiger partial charge in [-0.05, 0) is 35.0 Å². The molecule has 0 aliphatic rings. The highest BCUT2D eigenvalue weighted by Gasteiger charge is 2.15. The molecule has 1 aromatic heterocycles. The van der Waals surface area contributed by atoms with Crippen LogP contribution in [0.15, 0.2) is 34.8 Å². The normalized spacial score (nSPS) is 10.4. The maximum absolute atomic E-state index is 10.9. The summed E-state index contributed by atoms with van der Waals surface area (Å²) >= 11 is 9.08. The first-order valence-corrected chi connectivity index (χ1v) is 7.42. The number of ether oxygens (including phenoxy) is 1. The third-order valence-electron chi connectivity index (χ3n) is 2.84. The standard InChI is InChI=1S/C14H12BrClN2O3/c1-9-5-6-13(11(7-16)17-9)21-8-10-3-2-4-12(14(10)15)18(19)20/h2-6H,7-8H2,1H3. The summed E-state index contributed by atoms with van der Waals surface area (Å²) in [5, 5.41) is 10.9. The van der Waals surface area contributed by atoms with Gasteiger partial charge in [0.15, 0.2) is 0 Å². The SMILES string of the molecule is Cc1ccc(OCc2cccc([N+](=O)[O-])c2Br)c(CCl)n1. The molecular formula is C14H12BrClN2O3. The van der Waals surface area contributed by atoms with E-state index in [1.807, 2.05) is 13.0 Å². The van der Waals surface area contributed by atoms with Crippen LogP contribution in [0.3, 0.4) is 0 Å². The smallest absolute Gasteiger partial charge is 0.283 e. The molecule has 2 rings (SSSR count). The fraction of sp³-hybridized carbons (Fsp3) is 0.214. The number of halogens is 2. The van der Waals surface area contributed by atoms with Crippen LogP contribution in [0.2, 0.25) is 0 Å². The van der Waals surface area contributed by atoms with Gasteiger partial charge in [-0.25, -0.2) is 0 Å². The molecular weight excluding hydrogens is 360 g/mol. The van der Waals surface area contributed by atoms with Gasteiger partial charge in [-0.15, -0.1) is 11.6 Å². The van der Waals surface area contributed by atoms with E-state index in [0.29, 0.717) is 21.5 Å². The van der Waals surface area contributed by atoms with E-state index in [1.54, 1.807) is 18.2 Å². The average molecular weight is 372 g/mol. The number of nitrogens with zero attached hydrogens (tertiary/aromatic N) is 2. The Morgan fingerprint density at radius 2 is 2.14 bits per heavy atom. The second kappa shape index (κ2) is 6.87. The van der Waals surface area contributed by atoms with Crippen LogP contribution in [0, 0.1) is 17.0 Å². The van der Waals surface area contributed by atoms with E-state index in [1.165, 1.54) is 6.07 Å². The number of benzene rings is 1. The fourth-order valence-corrected chi connectivity index (χ4v) is 2.51. The van der Waals surface area contributed by atoms with Crippen LogP contribution in [-0.4, -0.2) is 9.91 Å². The topological polar surface area (TPSA) is 65.3 Å². The van der Waals surface area contributed by atoms with Gasteiger partial charge in [0.2, 0.25) is 0 Å². The minimum Gasteiger partial charge on any atom is -0.487 e. The fourth-order valence-electron chi connectivity index (χ4n) is 1.80. The molecule has 1 heterocycles. The van der Waals surface area contributed by atoms with Crippen molar-refractivity contribution in [1.82, 2.24) is 4.98 Å². The summed E-state index contributed by atoms with van der Waals surface area (Å²) in [6.45, 7) is 2.06. The predicted molar refractivity (Wildman–Crippen MR) is 83.7 cm³/mol.